The van der Waals surface area contributed by atoms with Gasteiger partial charge in [-0.05, 0) is 25.7 Å². The van der Waals surface area contributed by atoms with Crippen molar-refractivity contribution in [2.45, 2.75) is 53.2 Å². The van der Waals surface area contributed by atoms with Crippen LogP contribution in [0.3, 0.4) is 0 Å². The molecule has 0 amide bonds. The first-order valence-corrected chi connectivity index (χ1v) is 12.8. The molecule has 4 heterocycles. The molecule has 4 aliphatic rings. The third-order valence-corrected chi connectivity index (χ3v) is 16.6. The third kappa shape index (κ3) is 2.89. The summed E-state index contributed by atoms with van der Waals surface area (Å²) in [6.45, 7) is 4.68. The normalized spacial score (nSPS) is 49.8. The van der Waals surface area contributed by atoms with Crippen molar-refractivity contribution >= 4 is 93.8 Å². The van der Waals surface area contributed by atoms with E-state index in [2.05, 4.69) is 84.4 Å². The second-order valence-electron chi connectivity index (χ2n) is 4.93. The Kier molecular flexibility index (Phi) is 5.42. The summed E-state index contributed by atoms with van der Waals surface area (Å²) in [5, 5.41) is 0. The van der Waals surface area contributed by atoms with Gasteiger partial charge in [0.25, 0.3) is 0 Å². The largest absolute Gasteiger partial charge is 0.127 e. The molecule has 4 saturated heterocycles. The van der Waals surface area contributed by atoms with Crippen molar-refractivity contribution in [2.75, 3.05) is 11.8 Å². The molecule has 8 heteroatoms. The highest BCUT2D eigenvalue weighted by molar-refractivity contribution is 8.64. The molecule has 0 aromatic rings. The molecule has 0 atom stereocenters. The number of hydrogen-bond acceptors (Lipinski definition) is 6. The lowest BCUT2D eigenvalue weighted by atomic mass is 10.5. The molecule has 4 bridgehead atoms. The summed E-state index contributed by atoms with van der Waals surface area (Å²) in [5.74, 6) is 1.51. The maximum atomic E-state index is 6.15. The molecule has 0 unspecified atom stereocenters. The van der Waals surface area contributed by atoms with Crippen LogP contribution in [0.2, 0.25) is 0 Å². The fourth-order valence-electron chi connectivity index (χ4n) is 2.64. The topological polar surface area (TPSA) is 0 Å². The van der Waals surface area contributed by atoms with Crippen molar-refractivity contribution < 1.29 is 0 Å². The summed E-state index contributed by atoms with van der Waals surface area (Å²) in [6, 6.07) is 0. The minimum atomic E-state index is 0.238. The molecule has 0 spiro atoms. The molecule has 0 aromatic carbocycles. The first kappa shape index (κ1) is 17.5. The Hall–Kier alpha value is 2.68. The second kappa shape index (κ2) is 6.20. The van der Waals surface area contributed by atoms with E-state index in [-0.39, 0.29) is 6.82 Å². The molecule has 4 aliphatic heterocycles. The number of halogens is 2. The Labute approximate surface area is 157 Å². The lowest BCUT2D eigenvalue weighted by molar-refractivity contribution is 0.870. The van der Waals surface area contributed by atoms with Crippen molar-refractivity contribution in [2.24, 2.45) is 0 Å². The van der Waals surface area contributed by atoms with Crippen LogP contribution in [-0.4, -0.2) is 25.4 Å². The molecule has 0 radical (unpaired) electrons. The Morgan fingerprint density at radius 1 is 0.600 bits per heavy atom. The quantitative estimate of drug-likeness (QED) is 0.413. The first-order chi connectivity index (χ1) is 9.49. The molecule has 4 rings (SSSR count). The number of hydrogen-bond donors (Lipinski definition) is 0. The highest BCUT2D eigenvalue weighted by Crippen LogP contribution is 2.90. The fraction of sp³-hybridized carbons (Fsp3) is 1.00. The van der Waals surface area contributed by atoms with Crippen LogP contribution in [0.4, 0.5) is 0 Å². The summed E-state index contributed by atoms with van der Waals surface area (Å²) in [4.78, 5) is 0. The van der Waals surface area contributed by atoms with Crippen LogP contribution in [0.15, 0.2) is 0 Å². The van der Waals surface area contributed by atoms with Gasteiger partial charge >= 0.3 is 0 Å². The van der Waals surface area contributed by atoms with E-state index < -0.39 is 0 Å². The summed E-state index contributed by atoms with van der Waals surface area (Å²) in [6.07, 6.45) is 4.60. The van der Waals surface area contributed by atoms with Crippen LogP contribution in [-0.2, 0) is 0 Å². The van der Waals surface area contributed by atoms with E-state index in [1.807, 2.05) is 0 Å². The standard InChI is InChI=1S/C12H18Cl2S6/c1-3-9-15-10(4-2)18-11(16-9,5-7-13)20-12(17-9,19-10)6-8-14/h3-8H2,1-2H3. The predicted molar refractivity (Wildman–Crippen MR) is 108 cm³/mol. The zero-order chi connectivity index (χ0) is 14.5. The SMILES string of the molecule is CCC12SC3(CC)SC(CCCl)(S1)SC(CCCl)(S2)S3. The molecule has 0 aliphatic carbocycles. The Morgan fingerprint density at radius 2 is 0.900 bits per heavy atom. The van der Waals surface area contributed by atoms with Crippen molar-refractivity contribution in [3.8, 4) is 0 Å². The van der Waals surface area contributed by atoms with Gasteiger partial charge in [-0.15, -0.1) is 93.8 Å². The molecule has 4 fully saturated rings. The molecule has 0 nitrogen and oxygen atoms in total. The average Bonchev–Trinajstić information content (AvgIpc) is 2.37. The van der Waals surface area contributed by atoms with Crippen LogP contribution in [0.1, 0.15) is 39.5 Å². The molecule has 0 saturated carbocycles. The number of rotatable bonds is 6. The first-order valence-electron chi connectivity index (χ1n) is 6.81. The summed E-state index contributed by atoms with van der Waals surface area (Å²) in [5.41, 5.74) is 0. The summed E-state index contributed by atoms with van der Waals surface area (Å²) in [7, 11) is 0. The molecule has 20 heavy (non-hydrogen) atoms. The van der Waals surface area contributed by atoms with Crippen molar-refractivity contribution in [3.05, 3.63) is 0 Å². The van der Waals surface area contributed by atoms with Gasteiger partial charge in [-0.2, -0.15) is 0 Å². The minimum absolute atomic E-state index is 0.238. The third-order valence-electron chi connectivity index (χ3n) is 3.53. The van der Waals surface area contributed by atoms with Gasteiger partial charge in [-0.1, -0.05) is 13.8 Å². The molecule has 0 aromatic heterocycles. The predicted octanol–water partition coefficient (Wildman–Crippen LogP) is 7.12. The monoisotopic (exact) mass is 424 g/mol. The lowest BCUT2D eigenvalue weighted by Gasteiger charge is -2.67. The van der Waals surface area contributed by atoms with E-state index in [0.29, 0.717) is 6.82 Å². The van der Waals surface area contributed by atoms with Gasteiger partial charge in [0.15, 0.2) is 0 Å². The van der Waals surface area contributed by atoms with Gasteiger partial charge in [0.2, 0.25) is 0 Å². The van der Waals surface area contributed by atoms with Gasteiger partial charge in [0.05, 0.1) is 0 Å². The van der Waals surface area contributed by atoms with E-state index in [0.717, 1.165) is 24.6 Å². The molecule has 0 N–H and O–H groups in total. The minimum Gasteiger partial charge on any atom is -0.127 e. The molecular formula is C12H18Cl2S6. The maximum absolute atomic E-state index is 6.15. The summed E-state index contributed by atoms with van der Waals surface area (Å²) < 4.78 is 1.08. The smallest absolute Gasteiger partial charge is 0.114 e. The van der Waals surface area contributed by atoms with Gasteiger partial charge in [0, 0.05) is 11.8 Å². The van der Waals surface area contributed by atoms with Gasteiger partial charge < -0.3 is 0 Å². The van der Waals surface area contributed by atoms with Gasteiger partial charge in [-0.25, -0.2) is 0 Å². The van der Waals surface area contributed by atoms with Crippen molar-refractivity contribution in [1.82, 2.24) is 0 Å². The van der Waals surface area contributed by atoms with Crippen LogP contribution in [0.25, 0.3) is 0 Å². The second-order valence-corrected chi connectivity index (χ2v) is 18.4. The van der Waals surface area contributed by atoms with E-state index >= 15 is 0 Å². The zero-order valence-electron chi connectivity index (χ0n) is 11.4. The Bertz CT molecular complexity index is 344. The maximum Gasteiger partial charge on any atom is 0.114 e. The lowest BCUT2D eigenvalue weighted by Crippen LogP contribution is -2.53. The molecular weight excluding hydrogens is 407 g/mol. The highest BCUT2D eigenvalue weighted by atomic mass is 35.5. The average molecular weight is 426 g/mol. The zero-order valence-corrected chi connectivity index (χ0v) is 17.9. The van der Waals surface area contributed by atoms with Gasteiger partial charge in [0.1, 0.15) is 13.6 Å². The van der Waals surface area contributed by atoms with E-state index in [1.165, 1.54) is 12.8 Å². The van der Waals surface area contributed by atoms with Crippen molar-refractivity contribution in [3.63, 3.8) is 0 Å². The highest BCUT2D eigenvalue weighted by Gasteiger charge is 2.70. The fourth-order valence-corrected chi connectivity index (χ4v) is 24.9. The Balaban J connectivity index is 2.02. The number of thioether (sulfide) groups is 6. The van der Waals surface area contributed by atoms with Crippen LogP contribution < -0.4 is 0 Å². The number of alkyl halides is 2. The van der Waals surface area contributed by atoms with E-state index in [1.54, 1.807) is 0 Å². The van der Waals surface area contributed by atoms with E-state index in [9.17, 15) is 0 Å². The van der Waals surface area contributed by atoms with Crippen LogP contribution in [0, 0.1) is 0 Å². The van der Waals surface area contributed by atoms with E-state index in [4.69, 9.17) is 23.2 Å². The van der Waals surface area contributed by atoms with Gasteiger partial charge in [-0.3, -0.25) is 0 Å². The summed E-state index contributed by atoms with van der Waals surface area (Å²) >= 11 is 25.4. The molecule has 116 valence electrons. The van der Waals surface area contributed by atoms with Crippen molar-refractivity contribution in [1.29, 1.82) is 0 Å². The van der Waals surface area contributed by atoms with Crippen LogP contribution in [0.5, 0.6) is 0 Å². The Morgan fingerprint density at radius 3 is 1.20 bits per heavy atom. The van der Waals surface area contributed by atoms with Crippen LogP contribution >= 0.6 is 93.8 Å².